The standard InChI is InChI=1S/C19H19NO6/c1-24-16-9-14(19(22)23)8-15(17(16)25-2)20-18(21)12-3-4-13-10-26-6-5-11(13)7-12/h3-4,7-9H,5-6,10H2,1-2H3,(H,20,21)(H,22,23). The maximum Gasteiger partial charge on any atom is 0.335 e. The highest BCUT2D eigenvalue weighted by Gasteiger charge is 2.19. The van der Waals surface area contributed by atoms with Crippen molar-refractivity contribution >= 4 is 17.6 Å². The Morgan fingerprint density at radius 1 is 1.08 bits per heavy atom. The lowest BCUT2D eigenvalue weighted by Crippen LogP contribution is -2.16. The fraction of sp³-hybridized carbons (Fsp3) is 0.263. The summed E-state index contributed by atoms with van der Waals surface area (Å²) in [6.45, 7) is 1.17. The number of fused-ring (bicyclic) bond motifs is 1. The minimum Gasteiger partial charge on any atom is -0.493 e. The van der Waals surface area contributed by atoms with Crippen LogP contribution in [-0.4, -0.2) is 37.8 Å². The van der Waals surface area contributed by atoms with Gasteiger partial charge in [-0.2, -0.15) is 0 Å². The van der Waals surface area contributed by atoms with E-state index in [2.05, 4.69) is 5.32 Å². The molecule has 0 radical (unpaired) electrons. The van der Waals surface area contributed by atoms with Crippen LogP contribution in [0.4, 0.5) is 5.69 Å². The number of carbonyl (C=O) groups is 2. The summed E-state index contributed by atoms with van der Waals surface area (Å²) in [6, 6.07) is 8.10. The monoisotopic (exact) mass is 357 g/mol. The number of methoxy groups -OCH3 is 2. The van der Waals surface area contributed by atoms with E-state index in [1.807, 2.05) is 12.1 Å². The second-order valence-electron chi connectivity index (χ2n) is 5.80. The number of hydrogen-bond acceptors (Lipinski definition) is 5. The molecule has 0 saturated carbocycles. The van der Waals surface area contributed by atoms with E-state index in [4.69, 9.17) is 14.2 Å². The van der Waals surface area contributed by atoms with E-state index >= 15 is 0 Å². The first-order valence-corrected chi connectivity index (χ1v) is 8.03. The van der Waals surface area contributed by atoms with E-state index in [-0.39, 0.29) is 28.7 Å². The molecule has 0 fully saturated rings. The van der Waals surface area contributed by atoms with Crippen molar-refractivity contribution < 1.29 is 28.9 Å². The highest BCUT2D eigenvalue weighted by molar-refractivity contribution is 6.06. The summed E-state index contributed by atoms with van der Waals surface area (Å²) in [5.41, 5.74) is 2.84. The third kappa shape index (κ3) is 3.48. The highest BCUT2D eigenvalue weighted by atomic mass is 16.5. The van der Waals surface area contributed by atoms with Crippen molar-refractivity contribution in [1.82, 2.24) is 0 Å². The van der Waals surface area contributed by atoms with Crippen LogP contribution in [0.15, 0.2) is 30.3 Å². The van der Waals surface area contributed by atoms with Crippen molar-refractivity contribution in [3.05, 3.63) is 52.6 Å². The maximum absolute atomic E-state index is 12.7. The van der Waals surface area contributed by atoms with Crippen LogP contribution in [-0.2, 0) is 17.8 Å². The third-order valence-electron chi connectivity index (χ3n) is 4.22. The predicted octanol–water partition coefficient (Wildman–Crippen LogP) is 2.73. The lowest BCUT2D eigenvalue weighted by Gasteiger charge is -2.18. The molecule has 3 rings (SSSR count). The highest BCUT2D eigenvalue weighted by Crippen LogP contribution is 2.37. The number of amides is 1. The summed E-state index contributed by atoms with van der Waals surface area (Å²) in [7, 11) is 2.83. The quantitative estimate of drug-likeness (QED) is 0.854. The Morgan fingerprint density at radius 3 is 2.58 bits per heavy atom. The van der Waals surface area contributed by atoms with Gasteiger partial charge in [-0.1, -0.05) is 6.07 Å². The lowest BCUT2D eigenvalue weighted by atomic mass is 10.00. The third-order valence-corrected chi connectivity index (χ3v) is 4.22. The fourth-order valence-corrected chi connectivity index (χ4v) is 2.88. The molecule has 0 saturated heterocycles. The first-order chi connectivity index (χ1) is 12.5. The van der Waals surface area contributed by atoms with Crippen molar-refractivity contribution in [3.8, 4) is 11.5 Å². The lowest BCUT2D eigenvalue weighted by molar-refractivity contribution is 0.0696. The minimum absolute atomic E-state index is 0.0134. The summed E-state index contributed by atoms with van der Waals surface area (Å²) in [5.74, 6) is -1.00. The van der Waals surface area contributed by atoms with Gasteiger partial charge in [0.25, 0.3) is 5.91 Å². The molecule has 7 nitrogen and oxygen atoms in total. The molecule has 1 aliphatic rings. The van der Waals surface area contributed by atoms with Crippen molar-refractivity contribution in [1.29, 1.82) is 0 Å². The van der Waals surface area contributed by atoms with Gasteiger partial charge in [0.05, 0.1) is 38.7 Å². The first kappa shape index (κ1) is 17.8. The number of nitrogens with one attached hydrogen (secondary N) is 1. The van der Waals surface area contributed by atoms with Crippen LogP contribution < -0.4 is 14.8 Å². The molecule has 2 N–H and O–H groups in total. The van der Waals surface area contributed by atoms with Gasteiger partial charge >= 0.3 is 5.97 Å². The van der Waals surface area contributed by atoms with Crippen LogP contribution >= 0.6 is 0 Å². The first-order valence-electron chi connectivity index (χ1n) is 8.03. The van der Waals surface area contributed by atoms with Gasteiger partial charge in [-0.3, -0.25) is 4.79 Å². The molecule has 136 valence electrons. The molecule has 2 aromatic carbocycles. The van der Waals surface area contributed by atoms with Crippen molar-refractivity contribution in [2.24, 2.45) is 0 Å². The minimum atomic E-state index is -1.13. The second-order valence-corrected chi connectivity index (χ2v) is 5.80. The Hall–Kier alpha value is -3.06. The van der Waals surface area contributed by atoms with Gasteiger partial charge in [0.2, 0.25) is 0 Å². The fourth-order valence-electron chi connectivity index (χ4n) is 2.88. The summed E-state index contributed by atoms with van der Waals surface area (Å²) in [6.07, 6.45) is 0.752. The van der Waals surface area contributed by atoms with Gasteiger partial charge in [0.1, 0.15) is 0 Å². The van der Waals surface area contributed by atoms with E-state index < -0.39 is 5.97 Å². The number of rotatable bonds is 5. The second kappa shape index (κ2) is 7.45. The Balaban J connectivity index is 1.93. The van der Waals surface area contributed by atoms with Crippen LogP contribution in [0.3, 0.4) is 0 Å². The Morgan fingerprint density at radius 2 is 1.88 bits per heavy atom. The molecule has 1 amide bonds. The molecule has 0 spiro atoms. The SMILES string of the molecule is COc1cc(C(=O)O)cc(NC(=O)c2ccc3c(c2)CCOC3)c1OC. The van der Waals surface area contributed by atoms with Crippen molar-refractivity contribution in [3.63, 3.8) is 0 Å². The summed E-state index contributed by atoms with van der Waals surface area (Å²) in [4.78, 5) is 24.0. The normalized spacial score (nSPS) is 12.8. The Bertz CT molecular complexity index is 861. The zero-order valence-electron chi connectivity index (χ0n) is 14.5. The van der Waals surface area contributed by atoms with E-state index in [0.29, 0.717) is 18.8 Å². The smallest absolute Gasteiger partial charge is 0.335 e. The van der Waals surface area contributed by atoms with Gasteiger partial charge in [-0.05, 0) is 41.8 Å². The number of aromatic carboxylic acids is 1. The molecule has 0 unspecified atom stereocenters. The van der Waals surface area contributed by atoms with Gasteiger partial charge < -0.3 is 24.6 Å². The van der Waals surface area contributed by atoms with Crippen LogP contribution in [0.2, 0.25) is 0 Å². The molecule has 26 heavy (non-hydrogen) atoms. The number of ether oxygens (including phenoxy) is 3. The number of carboxylic acids is 1. The van der Waals surface area contributed by atoms with E-state index in [1.165, 1.54) is 26.4 Å². The molecule has 0 aliphatic carbocycles. The average Bonchev–Trinajstić information content (AvgIpc) is 2.66. The zero-order valence-corrected chi connectivity index (χ0v) is 14.5. The summed E-state index contributed by atoms with van der Waals surface area (Å²) in [5, 5.41) is 12.0. The number of carbonyl (C=O) groups excluding carboxylic acids is 1. The maximum atomic E-state index is 12.7. The topological polar surface area (TPSA) is 94.1 Å². The zero-order chi connectivity index (χ0) is 18.7. The summed E-state index contributed by atoms with van der Waals surface area (Å²) < 4.78 is 15.9. The molecule has 7 heteroatoms. The molecule has 0 aromatic heterocycles. The van der Waals surface area contributed by atoms with Gasteiger partial charge in [0.15, 0.2) is 11.5 Å². The molecule has 1 aliphatic heterocycles. The molecule has 0 atom stereocenters. The Labute approximate surface area is 150 Å². The molecular formula is C19H19NO6. The van der Waals surface area contributed by atoms with E-state index in [1.54, 1.807) is 6.07 Å². The van der Waals surface area contributed by atoms with Gasteiger partial charge in [-0.25, -0.2) is 4.79 Å². The van der Waals surface area contributed by atoms with Crippen LogP contribution in [0, 0.1) is 0 Å². The molecule has 2 aromatic rings. The van der Waals surface area contributed by atoms with Crippen LogP contribution in [0.5, 0.6) is 11.5 Å². The number of benzene rings is 2. The number of hydrogen-bond donors (Lipinski definition) is 2. The van der Waals surface area contributed by atoms with Crippen molar-refractivity contribution in [2.45, 2.75) is 13.0 Å². The van der Waals surface area contributed by atoms with Gasteiger partial charge in [0, 0.05) is 5.56 Å². The molecular weight excluding hydrogens is 338 g/mol. The van der Waals surface area contributed by atoms with Crippen LogP contribution in [0.25, 0.3) is 0 Å². The van der Waals surface area contributed by atoms with Gasteiger partial charge in [-0.15, -0.1) is 0 Å². The number of anilines is 1. The molecule has 1 heterocycles. The Kier molecular flexibility index (Phi) is 5.09. The summed E-state index contributed by atoms with van der Waals surface area (Å²) >= 11 is 0. The average molecular weight is 357 g/mol. The van der Waals surface area contributed by atoms with Crippen LogP contribution in [0.1, 0.15) is 31.8 Å². The van der Waals surface area contributed by atoms with E-state index in [0.717, 1.165) is 17.5 Å². The van der Waals surface area contributed by atoms with Crippen molar-refractivity contribution in [2.75, 3.05) is 26.1 Å². The van der Waals surface area contributed by atoms with E-state index in [9.17, 15) is 14.7 Å². The molecule has 0 bridgehead atoms. The largest absolute Gasteiger partial charge is 0.493 e. The predicted molar refractivity (Wildman–Crippen MR) is 94.3 cm³/mol. The number of carboxylic acid groups (broad SMARTS) is 1.